The van der Waals surface area contributed by atoms with E-state index in [1.807, 2.05) is 44.2 Å². The number of Topliss-reactive ketones (excluding diaryl/α,β-unsaturated/α-hetero) is 1. The Balaban J connectivity index is 1.87. The largest absolute Gasteiger partial charge is 0.369 e. The number of rotatable bonds is 5. The maximum Gasteiger partial charge on any atom is 0.189 e. The monoisotopic (exact) mass is 294 g/mol. The van der Waals surface area contributed by atoms with Gasteiger partial charge in [-0.25, -0.2) is 0 Å². The quantitative estimate of drug-likeness (QED) is 0.763. The molecule has 0 amide bonds. The van der Waals surface area contributed by atoms with Gasteiger partial charge in [-0.2, -0.15) is 0 Å². The maximum absolute atomic E-state index is 12.0. The van der Waals surface area contributed by atoms with Gasteiger partial charge in [-0.05, 0) is 37.6 Å². The molecule has 0 unspecified atom stereocenters. The molecule has 19 heavy (non-hydrogen) atoms. The second-order valence-electron chi connectivity index (χ2n) is 4.37. The van der Waals surface area contributed by atoms with Crippen LogP contribution in [0.4, 0.5) is 0 Å². The van der Waals surface area contributed by atoms with Crippen molar-refractivity contribution >= 4 is 28.7 Å². The molecule has 0 aliphatic carbocycles. The van der Waals surface area contributed by atoms with Crippen LogP contribution in [0.15, 0.2) is 30.3 Å². The van der Waals surface area contributed by atoms with E-state index in [4.69, 9.17) is 16.3 Å². The Morgan fingerprint density at radius 2 is 1.95 bits per heavy atom. The van der Waals surface area contributed by atoms with Crippen molar-refractivity contribution in [2.75, 3.05) is 6.61 Å². The third-order valence-corrected chi connectivity index (χ3v) is 3.97. The summed E-state index contributed by atoms with van der Waals surface area (Å²) in [6.45, 7) is 4.50. The Kier molecular flexibility index (Phi) is 4.75. The van der Waals surface area contributed by atoms with Gasteiger partial charge in [-0.1, -0.05) is 23.7 Å². The Hall–Kier alpha value is -1.16. The smallest absolute Gasteiger partial charge is 0.189 e. The lowest BCUT2D eigenvalue weighted by Gasteiger charge is -2.04. The van der Waals surface area contributed by atoms with Crippen molar-refractivity contribution in [1.82, 2.24) is 0 Å². The predicted molar refractivity (Wildman–Crippen MR) is 79.2 cm³/mol. The van der Waals surface area contributed by atoms with E-state index in [9.17, 15) is 4.79 Å². The van der Waals surface area contributed by atoms with Gasteiger partial charge < -0.3 is 4.74 Å². The molecule has 1 heterocycles. The highest BCUT2D eigenvalue weighted by Gasteiger charge is 2.11. The van der Waals surface area contributed by atoms with Crippen molar-refractivity contribution in [2.24, 2.45) is 0 Å². The van der Waals surface area contributed by atoms with Gasteiger partial charge in [0.1, 0.15) is 6.61 Å². The van der Waals surface area contributed by atoms with Crippen LogP contribution >= 0.6 is 22.9 Å². The number of carbonyl (C=O) groups excluding carboxylic acids is 1. The Bertz CT molecular complexity index is 572. The van der Waals surface area contributed by atoms with Crippen molar-refractivity contribution in [2.45, 2.75) is 20.5 Å². The first-order valence-corrected chi connectivity index (χ1v) is 7.18. The van der Waals surface area contributed by atoms with E-state index in [1.54, 1.807) is 11.3 Å². The minimum Gasteiger partial charge on any atom is -0.369 e. The fourth-order valence-electron chi connectivity index (χ4n) is 1.83. The highest BCUT2D eigenvalue weighted by Crippen LogP contribution is 2.21. The van der Waals surface area contributed by atoms with Crippen molar-refractivity contribution in [3.63, 3.8) is 0 Å². The van der Waals surface area contributed by atoms with E-state index >= 15 is 0 Å². The summed E-state index contributed by atoms with van der Waals surface area (Å²) in [5.41, 5.74) is 1.79. The molecule has 2 nitrogen and oxygen atoms in total. The molecule has 100 valence electrons. The summed E-state index contributed by atoms with van der Waals surface area (Å²) < 4.78 is 5.45. The summed E-state index contributed by atoms with van der Waals surface area (Å²) in [7, 11) is 0. The van der Waals surface area contributed by atoms with Gasteiger partial charge in [0.2, 0.25) is 0 Å². The molecule has 2 aromatic rings. The van der Waals surface area contributed by atoms with E-state index in [-0.39, 0.29) is 12.4 Å². The maximum atomic E-state index is 12.0. The number of carbonyl (C=O) groups is 1. The van der Waals surface area contributed by atoms with Crippen molar-refractivity contribution < 1.29 is 9.53 Å². The van der Waals surface area contributed by atoms with Gasteiger partial charge in [0.05, 0.1) is 6.61 Å². The molecular formula is C15H15ClO2S. The number of ketones is 1. The van der Waals surface area contributed by atoms with Crippen LogP contribution < -0.4 is 0 Å². The van der Waals surface area contributed by atoms with Crippen LogP contribution in [0, 0.1) is 13.8 Å². The fraction of sp³-hybridized carbons (Fsp3) is 0.267. The molecule has 0 radical (unpaired) electrons. The number of ether oxygens (including phenoxy) is 1. The third kappa shape index (κ3) is 3.90. The number of benzene rings is 1. The van der Waals surface area contributed by atoms with Crippen LogP contribution in [0.25, 0.3) is 0 Å². The second kappa shape index (κ2) is 6.33. The first-order chi connectivity index (χ1) is 9.06. The first-order valence-electron chi connectivity index (χ1n) is 5.98. The number of halogens is 1. The summed E-state index contributed by atoms with van der Waals surface area (Å²) in [6, 6.07) is 9.34. The van der Waals surface area contributed by atoms with Crippen LogP contribution in [-0.4, -0.2) is 12.4 Å². The summed E-state index contributed by atoms with van der Waals surface area (Å²) in [6.07, 6.45) is 0. The molecule has 1 aromatic heterocycles. The molecular weight excluding hydrogens is 280 g/mol. The Morgan fingerprint density at radius 1 is 1.26 bits per heavy atom. The van der Waals surface area contributed by atoms with Crippen LogP contribution in [0.2, 0.25) is 5.02 Å². The second-order valence-corrected chi connectivity index (χ2v) is 6.27. The molecule has 0 bridgehead atoms. The normalized spacial score (nSPS) is 10.7. The average Bonchev–Trinajstić information content (AvgIpc) is 2.71. The fourth-order valence-corrected chi connectivity index (χ4v) is 2.90. The molecule has 0 saturated heterocycles. The van der Waals surface area contributed by atoms with Gasteiger partial charge in [0.25, 0.3) is 0 Å². The van der Waals surface area contributed by atoms with Gasteiger partial charge in [-0.15, -0.1) is 11.3 Å². The molecule has 0 saturated carbocycles. The van der Waals surface area contributed by atoms with Crippen LogP contribution in [0.3, 0.4) is 0 Å². The molecule has 0 fully saturated rings. The van der Waals surface area contributed by atoms with Crippen molar-refractivity contribution in [3.8, 4) is 0 Å². The van der Waals surface area contributed by atoms with Gasteiger partial charge in [0, 0.05) is 20.3 Å². The number of aryl methyl sites for hydroxylation is 2. The topological polar surface area (TPSA) is 26.3 Å². The molecule has 4 heteroatoms. The van der Waals surface area contributed by atoms with E-state index < -0.39 is 0 Å². The van der Waals surface area contributed by atoms with E-state index in [0.29, 0.717) is 11.6 Å². The predicted octanol–water partition coefficient (Wildman–Crippen LogP) is 4.42. The minimum atomic E-state index is 0.0378. The Labute approximate surface area is 122 Å². The first kappa shape index (κ1) is 14.3. The lowest BCUT2D eigenvalue weighted by molar-refractivity contribution is 0.0726. The summed E-state index contributed by atoms with van der Waals surface area (Å²) in [5.74, 6) is 0.0378. The highest BCUT2D eigenvalue weighted by atomic mass is 35.5. The third-order valence-electron chi connectivity index (χ3n) is 2.76. The molecule has 0 aliphatic heterocycles. The highest BCUT2D eigenvalue weighted by molar-refractivity contribution is 7.12. The van der Waals surface area contributed by atoms with Crippen LogP contribution in [0.1, 0.15) is 25.7 Å². The van der Waals surface area contributed by atoms with Gasteiger partial charge >= 0.3 is 0 Å². The lowest BCUT2D eigenvalue weighted by Crippen LogP contribution is -2.09. The van der Waals surface area contributed by atoms with Gasteiger partial charge in [-0.3, -0.25) is 4.79 Å². The Morgan fingerprint density at radius 3 is 2.53 bits per heavy atom. The zero-order valence-corrected chi connectivity index (χ0v) is 12.5. The van der Waals surface area contributed by atoms with Crippen molar-refractivity contribution in [1.29, 1.82) is 0 Å². The minimum absolute atomic E-state index is 0.0378. The molecule has 2 rings (SSSR count). The molecule has 0 spiro atoms. The summed E-state index contributed by atoms with van der Waals surface area (Å²) in [5, 5.41) is 0.698. The summed E-state index contributed by atoms with van der Waals surface area (Å²) >= 11 is 7.44. The van der Waals surface area contributed by atoms with Gasteiger partial charge in [0.15, 0.2) is 5.78 Å². The average molecular weight is 295 g/mol. The molecule has 0 N–H and O–H groups in total. The van der Waals surface area contributed by atoms with Crippen LogP contribution in [-0.2, 0) is 11.3 Å². The molecule has 1 aromatic carbocycles. The number of hydrogen-bond donors (Lipinski definition) is 0. The zero-order valence-electron chi connectivity index (χ0n) is 10.9. The van der Waals surface area contributed by atoms with E-state index in [2.05, 4.69) is 0 Å². The molecule has 0 atom stereocenters. The number of hydrogen-bond acceptors (Lipinski definition) is 3. The molecule has 0 aliphatic rings. The summed E-state index contributed by atoms with van der Waals surface area (Å²) in [4.78, 5) is 14.2. The lowest BCUT2D eigenvalue weighted by atomic mass is 10.2. The van der Waals surface area contributed by atoms with Crippen LogP contribution in [0.5, 0.6) is 0 Å². The zero-order chi connectivity index (χ0) is 13.8. The number of thiophene rings is 1. The van der Waals surface area contributed by atoms with Crippen molar-refractivity contribution in [3.05, 3.63) is 56.2 Å². The van der Waals surface area contributed by atoms with E-state index in [1.165, 1.54) is 0 Å². The standard InChI is InChI=1S/C15H15ClO2S/c1-10-7-14(11(2)19-10)15(17)9-18-8-12-3-5-13(16)6-4-12/h3-7H,8-9H2,1-2H3. The van der Waals surface area contributed by atoms with E-state index in [0.717, 1.165) is 20.9 Å². The SMILES string of the molecule is Cc1cc(C(=O)COCc2ccc(Cl)cc2)c(C)s1.